The Morgan fingerprint density at radius 2 is 2.50 bits per heavy atom. The number of morpholine rings is 1. The first-order valence-electron chi connectivity index (χ1n) is 3.86. The van der Waals surface area contributed by atoms with E-state index in [2.05, 4.69) is 4.90 Å². The summed E-state index contributed by atoms with van der Waals surface area (Å²) in [5.74, 6) is 0. The minimum Gasteiger partial charge on any atom is -0.395 e. The molecule has 2 aliphatic heterocycles. The van der Waals surface area contributed by atoms with E-state index in [-0.39, 0.29) is 6.61 Å². The highest BCUT2D eigenvalue weighted by Gasteiger charge is 2.38. The molecule has 0 aromatic heterocycles. The van der Waals surface area contributed by atoms with E-state index in [1.807, 2.05) is 0 Å². The highest BCUT2D eigenvalue weighted by molar-refractivity contribution is 4.90. The Morgan fingerprint density at radius 1 is 1.60 bits per heavy atom. The van der Waals surface area contributed by atoms with Crippen molar-refractivity contribution in [3.05, 3.63) is 0 Å². The van der Waals surface area contributed by atoms with Gasteiger partial charge in [0.15, 0.2) is 0 Å². The van der Waals surface area contributed by atoms with Crippen molar-refractivity contribution in [3.63, 3.8) is 0 Å². The topological polar surface area (TPSA) is 32.7 Å². The zero-order valence-electron chi connectivity index (χ0n) is 5.99. The summed E-state index contributed by atoms with van der Waals surface area (Å²) < 4.78 is 5.41. The lowest BCUT2D eigenvalue weighted by Crippen LogP contribution is -2.38. The molecular weight excluding hydrogens is 130 g/mol. The fraction of sp³-hybridized carbons (Fsp3) is 1.00. The Morgan fingerprint density at radius 3 is 3.00 bits per heavy atom. The number of hydrogen-bond donors (Lipinski definition) is 1. The first-order chi connectivity index (χ1) is 4.90. The summed E-state index contributed by atoms with van der Waals surface area (Å²) in [5, 5.41) is 8.67. The van der Waals surface area contributed by atoms with Crippen molar-refractivity contribution in [2.45, 2.75) is 18.6 Å². The summed E-state index contributed by atoms with van der Waals surface area (Å²) in [4.78, 5) is 2.31. The predicted molar refractivity (Wildman–Crippen MR) is 36.8 cm³/mol. The molecule has 10 heavy (non-hydrogen) atoms. The number of ether oxygens (including phenoxy) is 1. The SMILES string of the molecule is OCCN1CC2CC1CO2. The highest BCUT2D eigenvalue weighted by Crippen LogP contribution is 2.26. The number of aliphatic hydroxyl groups excluding tert-OH is 1. The molecule has 3 heteroatoms. The van der Waals surface area contributed by atoms with Crippen molar-refractivity contribution in [1.82, 2.24) is 4.90 Å². The van der Waals surface area contributed by atoms with E-state index in [9.17, 15) is 0 Å². The van der Waals surface area contributed by atoms with Crippen LogP contribution in [-0.4, -0.2) is 48.5 Å². The number of aliphatic hydroxyl groups is 1. The zero-order chi connectivity index (χ0) is 6.97. The van der Waals surface area contributed by atoms with Crippen LogP contribution in [0.15, 0.2) is 0 Å². The Balaban J connectivity index is 1.90. The second kappa shape index (κ2) is 2.49. The summed E-state index contributed by atoms with van der Waals surface area (Å²) in [7, 11) is 0. The second-order valence-corrected chi connectivity index (χ2v) is 3.06. The van der Waals surface area contributed by atoms with Crippen LogP contribution >= 0.6 is 0 Å². The third-order valence-corrected chi connectivity index (χ3v) is 2.40. The molecule has 2 unspecified atom stereocenters. The largest absolute Gasteiger partial charge is 0.395 e. The number of fused-ring (bicyclic) bond motifs is 2. The van der Waals surface area contributed by atoms with Crippen LogP contribution in [0.1, 0.15) is 6.42 Å². The van der Waals surface area contributed by atoms with Gasteiger partial charge in [0.2, 0.25) is 0 Å². The average molecular weight is 143 g/mol. The van der Waals surface area contributed by atoms with Gasteiger partial charge >= 0.3 is 0 Å². The van der Waals surface area contributed by atoms with Gasteiger partial charge in [-0.15, -0.1) is 0 Å². The molecule has 2 aliphatic rings. The maximum atomic E-state index is 8.67. The maximum absolute atomic E-state index is 8.67. The van der Waals surface area contributed by atoms with E-state index < -0.39 is 0 Å². The van der Waals surface area contributed by atoms with Crippen LogP contribution in [0.5, 0.6) is 0 Å². The van der Waals surface area contributed by atoms with Crippen LogP contribution in [0, 0.1) is 0 Å². The predicted octanol–water partition coefficient (Wildman–Crippen LogP) is -0.548. The van der Waals surface area contributed by atoms with Gasteiger partial charge in [-0.1, -0.05) is 0 Å². The molecule has 2 atom stereocenters. The average Bonchev–Trinajstić information content (AvgIpc) is 2.48. The normalized spacial score (nSPS) is 39.3. The third-order valence-electron chi connectivity index (χ3n) is 2.40. The van der Waals surface area contributed by atoms with E-state index in [1.54, 1.807) is 0 Å². The quantitative estimate of drug-likeness (QED) is 0.563. The van der Waals surface area contributed by atoms with Crippen molar-refractivity contribution in [3.8, 4) is 0 Å². The minimum absolute atomic E-state index is 0.281. The van der Waals surface area contributed by atoms with E-state index in [0.717, 1.165) is 19.7 Å². The summed E-state index contributed by atoms with van der Waals surface area (Å²) in [5.41, 5.74) is 0. The van der Waals surface area contributed by atoms with E-state index in [0.29, 0.717) is 12.1 Å². The molecule has 0 radical (unpaired) electrons. The summed E-state index contributed by atoms with van der Waals surface area (Å²) >= 11 is 0. The summed E-state index contributed by atoms with van der Waals surface area (Å²) in [6, 6.07) is 0.608. The van der Waals surface area contributed by atoms with Crippen molar-refractivity contribution in [2.24, 2.45) is 0 Å². The fourth-order valence-electron chi connectivity index (χ4n) is 1.88. The Kier molecular flexibility index (Phi) is 1.64. The smallest absolute Gasteiger partial charge is 0.0718 e. The van der Waals surface area contributed by atoms with E-state index in [4.69, 9.17) is 9.84 Å². The molecule has 2 bridgehead atoms. The van der Waals surface area contributed by atoms with Crippen LogP contribution in [0.3, 0.4) is 0 Å². The lowest BCUT2D eigenvalue weighted by atomic mass is 10.2. The number of nitrogens with zero attached hydrogens (tertiary/aromatic N) is 1. The van der Waals surface area contributed by atoms with Crippen molar-refractivity contribution in [1.29, 1.82) is 0 Å². The van der Waals surface area contributed by atoms with Crippen molar-refractivity contribution < 1.29 is 9.84 Å². The molecule has 0 spiro atoms. The first kappa shape index (κ1) is 6.58. The van der Waals surface area contributed by atoms with Gasteiger partial charge in [-0.05, 0) is 6.42 Å². The van der Waals surface area contributed by atoms with Crippen LogP contribution in [0.4, 0.5) is 0 Å². The van der Waals surface area contributed by atoms with Gasteiger partial charge in [-0.25, -0.2) is 0 Å². The minimum atomic E-state index is 0.281. The monoisotopic (exact) mass is 143 g/mol. The number of rotatable bonds is 2. The molecule has 0 aromatic rings. The van der Waals surface area contributed by atoms with Crippen LogP contribution in [0.2, 0.25) is 0 Å². The van der Waals surface area contributed by atoms with Crippen molar-refractivity contribution >= 4 is 0 Å². The highest BCUT2D eigenvalue weighted by atomic mass is 16.5. The molecule has 58 valence electrons. The van der Waals surface area contributed by atoms with Gasteiger partial charge in [-0.2, -0.15) is 0 Å². The van der Waals surface area contributed by atoms with Gasteiger partial charge in [0.25, 0.3) is 0 Å². The summed E-state index contributed by atoms with van der Waals surface area (Å²) in [6.45, 7) is 3.02. The molecule has 0 aromatic carbocycles. The third kappa shape index (κ3) is 0.944. The van der Waals surface area contributed by atoms with Crippen LogP contribution in [0.25, 0.3) is 0 Å². The molecule has 2 heterocycles. The summed E-state index contributed by atoms with van der Waals surface area (Å²) in [6.07, 6.45) is 1.65. The Hall–Kier alpha value is -0.120. The Labute approximate surface area is 60.6 Å². The van der Waals surface area contributed by atoms with Crippen LogP contribution in [-0.2, 0) is 4.74 Å². The molecule has 2 rings (SSSR count). The van der Waals surface area contributed by atoms with Gasteiger partial charge in [0, 0.05) is 19.1 Å². The molecule has 0 amide bonds. The molecule has 1 N–H and O–H groups in total. The molecule has 0 aliphatic carbocycles. The number of hydrogen-bond acceptors (Lipinski definition) is 3. The Bertz CT molecular complexity index is 129. The fourth-order valence-corrected chi connectivity index (χ4v) is 1.88. The lowest BCUT2D eigenvalue weighted by Gasteiger charge is -2.25. The van der Waals surface area contributed by atoms with Gasteiger partial charge < -0.3 is 9.84 Å². The molecule has 0 saturated carbocycles. The molecule has 2 fully saturated rings. The molecular formula is C7H13NO2. The molecule has 2 saturated heterocycles. The second-order valence-electron chi connectivity index (χ2n) is 3.06. The van der Waals surface area contributed by atoms with E-state index >= 15 is 0 Å². The van der Waals surface area contributed by atoms with Gasteiger partial charge in [0.1, 0.15) is 0 Å². The standard InChI is InChI=1S/C7H13NO2/c9-2-1-8-4-7-3-6(8)5-10-7/h6-7,9H,1-5H2. The molecule has 3 nitrogen and oxygen atoms in total. The van der Waals surface area contributed by atoms with Crippen LogP contribution < -0.4 is 0 Å². The van der Waals surface area contributed by atoms with Gasteiger partial charge in [-0.3, -0.25) is 4.90 Å². The maximum Gasteiger partial charge on any atom is 0.0718 e. The number of β-amino-alcohol motifs (C(OH)–C–C–N with tert-alkyl or cyclic N) is 1. The zero-order valence-corrected chi connectivity index (χ0v) is 5.99. The van der Waals surface area contributed by atoms with Crippen molar-refractivity contribution in [2.75, 3.05) is 26.3 Å². The lowest BCUT2D eigenvalue weighted by molar-refractivity contribution is 0.0244. The number of likely N-dealkylation sites (tertiary alicyclic amines) is 1. The van der Waals surface area contributed by atoms with E-state index in [1.165, 1.54) is 6.42 Å². The first-order valence-corrected chi connectivity index (χ1v) is 3.86. The van der Waals surface area contributed by atoms with Gasteiger partial charge in [0.05, 0.1) is 19.3 Å².